The Morgan fingerprint density at radius 2 is 2.08 bits per heavy atom. The first-order chi connectivity index (χ1) is 6.25. The smallest absolute Gasteiger partial charge is 0.0595 e. The summed E-state index contributed by atoms with van der Waals surface area (Å²) in [4.78, 5) is 0. The van der Waals surface area contributed by atoms with E-state index in [4.69, 9.17) is 23.2 Å². The van der Waals surface area contributed by atoms with Crippen molar-refractivity contribution in [2.75, 3.05) is 6.54 Å². The molecule has 1 heterocycles. The molecule has 3 heteroatoms. The highest BCUT2D eigenvalue weighted by Crippen LogP contribution is 2.23. The van der Waals surface area contributed by atoms with Gasteiger partial charge >= 0.3 is 0 Å². The van der Waals surface area contributed by atoms with E-state index in [2.05, 4.69) is 5.32 Å². The lowest BCUT2D eigenvalue weighted by Gasteiger charge is -2.27. The first-order valence-electron chi connectivity index (χ1n) is 4.43. The first-order valence-corrected chi connectivity index (χ1v) is 5.18. The zero-order valence-corrected chi connectivity index (χ0v) is 8.70. The predicted molar refractivity (Wildman–Crippen MR) is 56.6 cm³/mol. The second-order valence-electron chi connectivity index (χ2n) is 3.39. The van der Waals surface area contributed by atoms with Crippen LogP contribution in [-0.2, 0) is 6.42 Å². The molecular formula is C10H11Cl2N. The molecule has 0 radical (unpaired) electrons. The average Bonchev–Trinajstić information content (AvgIpc) is 2.04. The summed E-state index contributed by atoms with van der Waals surface area (Å²) in [6.07, 6.45) is 2.32. The molecule has 70 valence electrons. The van der Waals surface area contributed by atoms with E-state index in [-0.39, 0.29) is 0 Å². The molecule has 13 heavy (non-hydrogen) atoms. The van der Waals surface area contributed by atoms with Gasteiger partial charge in [0.2, 0.25) is 0 Å². The summed E-state index contributed by atoms with van der Waals surface area (Å²) in [6.45, 7) is 1.14. The van der Waals surface area contributed by atoms with Gasteiger partial charge in [0.15, 0.2) is 0 Å². The maximum absolute atomic E-state index is 5.91. The van der Waals surface area contributed by atoms with Crippen molar-refractivity contribution >= 4 is 23.2 Å². The lowest BCUT2D eigenvalue weighted by atomic mass is 9.98. The van der Waals surface area contributed by atoms with Gasteiger partial charge in [-0.3, -0.25) is 0 Å². The van der Waals surface area contributed by atoms with E-state index in [0.29, 0.717) is 16.1 Å². The van der Waals surface area contributed by atoms with Crippen molar-refractivity contribution in [1.29, 1.82) is 0 Å². The largest absolute Gasteiger partial charge is 0.314 e. The molecular weight excluding hydrogens is 205 g/mol. The molecule has 0 bridgehead atoms. The summed E-state index contributed by atoms with van der Waals surface area (Å²) in [6, 6.07) is 6.48. The van der Waals surface area contributed by atoms with E-state index in [1.54, 1.807) is 0 Å². The fourth-order valence-electron chi connectivity index (χ4n) is 1.47. The average molecular weight is 216 g/mol. The topological polar surface area (TPSA) is 12.0 Å². The molecule has 0 aromatic heterocycles. The summed E-state index contributed by atoms with van der Waals surface area (Å²) >= 11 is 11.7. The van der Waals surface area contributed by atoms with Crippen molar-refractivity contribution in [3.05, 3.63) is 33.8 Å². The number of hydrogen-bond donors (Lipinski definition) is 1. The van der Waals surface area contributed by atoms with Crippen LogP contribution in [0.15, 0.2) is 18.2 Å². The molecule has 1 aliphatic rings. The van der Waals surface area contributed by atoms with Crippen LogP contribution >= 0.6 is 23.2 Å². The maximum atomic E-state index is 5.91. The first kappa shape index (κ1) is 9.32. The molecule has 1 saturated heterocycles. The summed E-state index contributed by atoms with van der Waals surface area (Å²) < 4.78 is 0. The van der Waals surface area contributed by atoms with Crippen LogP contribution in [0.2, 0.25) is 10.0 Å². The van der Waals surface area contributed by atoms with Gasteiger partial charge < -0.3 is 5.32 Å². The van der Waals surface area contributed by atoms with E-state index in [9.17, 15) is 0 Å². The van der Waals surface area contributed by atoms with Crippen LogP contribution in [0, 0.1) is 0 Å². The van der Waals surface area contributed by atoms with Crippen molar-refractivity contribution < 1.29 is 0 Å². The third kappa shape index (κ3) is 2.16. The molecule has 1 unspecified atom stereocenters. The standard InChI is InChI=1S/C10H11Cl2N/c11-9-2-1-7(6-10(9)12)5-8-3-4-13-8/h1-2,6,8,13H,3-5H2. The molecule has 1 N–H and O–H groups in total. The van der Waals surface area contributed by atoms with Gasteiger partial charge in [0, 0.05) is 6.04 Å². The highest BCUT2D eigenvalue weighted by Gasteiger charge is 2.16. The highest BCUT2D eigenvalue weighted by atomic mass is 35.5. The third-order valence-electron chi connectivity index (χ3n) is 2.39. The van der Waals surface area contributed by atoms with Crippen LogP contribution in [0.5, 0.6) is 0 Å². The SMILES string of the molecule is Clc1ccc(CC2CCN2)cc1Cl. The minimum Gasteiger partial charge on any atom is -0.314 e. The van der Waals surface area contributed by atoms with Gasteiger partial charge in [-0.2, -0.15) is 0 Å². The van der Waals surface area contributed by atoms with Crippen LogP contribution in [-0.4, -0.2) is 12.6 Å². The molecule has 1 aromatic rings. The van der Waals surface area contributed by atoms with Gasteiger partial charge in [0.25, 0.3) is 0 Å². The van der Waals surface area contributed by atoms with E-state index >= 15 is 0 Å². The Kier molecular flexibility index (Phi) is 2.77. The Balaban J connectivity index is 2.07. The highest BCUT2D eigenvalue weighted by molar-refractivity contribution is 6.42. The Morgan fingerprint density at radius 3 is 2.62 bits per heavy atom. The molecule has 1 aromatic carbocycles. The normalized spacial score (nSPS) is 21.2. The maximum Gasteiger partial charge on any atom is 0.0595 e. The fraction of sp³-hybridized carbons (Fsp3) is 0.400. The lowest BCUT2D eigenvalue weighted by molar-refractivity contribution is 0.369. The molecule has 0 spiro atoms. The van der Waals surface area contributed by atoms with Crippen LogP contribution in [0.3, 0.4) is 0 Å². The van der Waals surface area contributed by atoms with Gasteiger partial charge in [-0.15, -0.1) is 0 Å². The van der Waals surface area contributed by atoms with Crippen molar-refractivity contribution in [1.82, 2.24) is 5.32 Å². The van der Waals surface area contributed by atoms with Gasteiger partial charge in [-0.1, -0.05) is 29.3 Å². The predicted octanol–water partition coefficient (Wildman–Crippen LogP) is 2.90. The van der Waals surface area contributed by atoms with Crippen molar-refractivity contribution in [3.63, 3.8) is 0 Å². The van der Waals surface area contributed by atoms with Crippen molar-refractivity contribution in [2.24, 2.45) is 0 Å². The van der Waals surface area contributed by atoms with E-state index in [1.165, 1.54) is 12.0 Å². The molecule has 1 fully saturated rings. The van der Waals surface area contributed by atoms with Crippen LogP contribution < -0.4 is 5.32 Å². The monoisotopic (exact) mass is 215 g/mol. The third-order valence-corrected chi connectivity index (χ3v) is 3.13. The minimum atomic E-state index is 0.631. The van der Waals surface area contributed by atoms with Crippen LogP contribution in [0.1, 0.15) is 12.0 Å². The Bertz CT molecular complexity index is 308. The molecule has 0 aliphatic carbocycles. The Morgan fingerprint density at radius 1 is 1.31 bits per heavy atom. The summed E-state index contributed by atoms with van der Waals surface area (Å²) in [5.41, 5.74) is 1.26. The second-order valence-corrected chi connectivity index (χ2v) is 4.21. The zero-order valence-electron chi connectivity index (χ0n) is 7.19. The number of rotatable bonds is 2. The van der Waals surface area contributed by atoms with Crippen molar-refractivity contribution in [3.8, 4) is 0 Å². The molecule has 0 amide bonds. The van der Waals surface area contributed by atoms with Gasteiger partial charge in [-0.25, -0.2) is 0 Å². The summed E-state index contributed by atoms with van der Waals surface area (Å²) in [5.74, 6) is 0. The number of nitrogens with one attached hydrogen (secondary N) is 1. The van der Waals surface area contributed by atoms with E-state index in [1.807, 2.05) is 18.2 Å². The Hall–Kier alpha value is -0.240. The van der Waals surface area contributed by atoms with Gasteiger partial charge in [0.05, 0.1) is 10.0 Å². The molecule has 0 saturated carbocycles. The second kappa shape index (κ2) is 3.87. The van der Waals surface area contributed by atoms with Gasteiger partial charge in [0.1, 0.15) is 0 Å². The molecule has 2 rings (SSSR count). The van der Waals surface area contributed by atoms with Gasteiger partial charge in [-0.05, 0) is 37.1 Å². The molecule has 1 nitrogen and oxygen atoms in total. The Labute approximate surface area is 88.0 Å². The fourth-order valence-corrected chi connectivity index (χ4v) is 1.79. The lowest BCUT2D eigenvalue weighted by Crippen LogP contribution is -2.44. The number of benzene rings is 1. The minimum absolute atomic E-state index is 0.631. The van der Waals surface area contributed by atoms with Crippen LogP contribution in [0.4, 0.5) is 0 Å². The summed E-state index contributed by atoms with van der Waals surface area (Å²) in [5, 5.41) is 4.63. The van der Waals surface area contributed by atoms with E-state index in [0.717, 1.165) is 13.0 Å². The quantitative estimate of drug-likeness (QED) is 0.801. The molecule has 1 atom stereocenters. The molecule has 1 aliphatic heterocycles. The summed E-state index contributed by atoms with van der Waals surface area (Å²) in [7, 11) is 0. The van der Waals surface area contributed by atoms with E-state index < -0.39 is 0 Å². The number of hydrogen-bond acceptors (Lipinski definition) is 1. The van der Waals surface area contributed by atoms with Crippen LogP contribution in [0.25, 0.3) is 0 Å². The number of halogens is 2. The van der Waals surface area contributed by atoms with Crippen molar-refractivity contribution in [2.45, 2.75) is 18.9 Å². The zero-order chi connectivity index (χ0) is 9.26.